The number of amides is 1. The molecule has 2 atom stereocenters. The molecule has 2 aliphatic heterocycles. The first-order chi connectivity index (χ1) is 10.9. The summed E-state index contributed by atoms with van der Waals surface area (Å²) in [6.07, 6.45) is 5.74. The summed E-state index contributed by atoms with van der Waals surface area (Å²) in [7, 11) is 2.19. The van der Waals surface area contributed by atoms with E-state index in [-0.39, 0.29) is 11.8 Å². The average Bonchev–Trinajstić information content (AvgIpc) is 2.50. The van der Waals surface area contributed by atoms with E-state index in [2.05, 4.69) is 42.6 Å². The highest BCUT2D eigenvalue weighted by Gasteiger charge is 2.43. The number of carbonyl (C=O) groups is 1. The number of piperidine rings is 1. The van der Waals surface area contributed by atoms with Crippen molar-refractivity contribution in [1.29, 1.82) is 0 Å². The Bertz CT molecular complexity index is 483. The maximum atomic E-state index is 12.6. The van der Waals surface area contributed by atoms with E-state index in [0.29, 0.717) is 16.7 Å². The van der Waals surface area contributed by atoms with E-state index in [1.807, 2.05) is 11.8 Å². The maximum absolute atomic E-state index is 12.6. The zero-order chi connectivity index (χ0) is 16.6. The largest absolute Gasteiger partial charge is 0.348 e. The highest BCUT2D eigenvalue weighted by atomic mass is 32.2. The number of aliphatic imine (C=N–C) groups is 1. The van der Waals surface area contributed by atoms with Gasteiger partial charge in [0.1, 0.15) is 0 Å². The molecule has 0 aromatic carbocycles. The minimum absolute atomic E-state index is 0.142. The molecule has 1 saturated carbocycles. The molecular weight excluding hydrogens is 306 g/mol. The Labute approximate surface area is 145 Å². The third-order valence-electron chi connectivity index (χ3n) is 5.82. The predicted molar refractivity (Wildman–Crippen MR) is 97.8 cm³/mol. The third-order valence-corrected chi connectivity index (χ3v) is 7.23. The van der Waals surface area contributed by atoms with Gasteiger partial charge in [0.15, 0.2) is 5.17 Å². The summed E-state index contributed by atoms with van der Waals surface area (Å²) in [5.41, 5.74) is 0.294. The summed E-state index contributed by atoms with van der Waals surface area (Å²) in [6, 6.07) is 0.548. The second kappa shape index (κ2) is 6.75. The molecule has 5 heteroatoms. The Kier molecular flexibility index (Phi) is 5.07. The van der Waals surface area contributed by atoms with Crippen LogP contribution in [0.1, 0.15) is 52.9 Å². The van der Waals surface area contributed by atoms with Gasteiger partial charge in [-0.3, -0.25) is 4.79 Å². The van der Waals surface area contributed by atoms with Crippen molar-refractivity contribution in [3.05, 3.63) is 0 Å². The van der Waals surface area contributed by atoms with E-state index in [9.17, 15) is 4.79 Å². The summed E-state index contributed by atoms with van der Waals surface area (Å²) < 4.78 is 0. The Balaban J connectivity index is 1.73. The van der Waals surface area contributed by atoms with Crippen molar-refractivity contribution in [1.82, 2.24) is 9.80 Å². The van der Waals surface area contributed by atoms with Gasteiger partial charge < -0.3 is 9.80 Å². The molecule has 3 aliphatic rings. The molecule has 4 nitrogen and oxygen atoms in total. The molecule has 1 amide bonds. The van der Waals surface area contributed by atoms with Gasteiger partial charge in [0, 0.05) is 17.8 Å². The van der Waals surface area contributed by atoms with Crippen LogP contribution in [0.4, 0.5) is 0 Å². The second-order valence-corrected chi connectivity index (χ2v) is 9.43. The van der Waals surface area contributed by atoms with E-state index in [4.69, 9.17) is 0 Å². The van der Waals surface area contributed by atoms with Crippen LogP contribution in [0.2, 0.25) is 0 Å². The van der Waals surface area contributed by atoms with Gasteiger partial charge in [-0.1, -0.05) is 25.6 Å². The Morgan fingerprint density at radius 3 is 2.65 bits per heavy atom. The molecule has 2 unspecified atom stereocenters. The number of amidine groups is 1. The lowest BCUT2D eigenvalue weighted by atomic mass is 9.71. The first-order valence-electron chi connectivity index (χ1n) is 9.14. The smallest absolute Gasteiger partial charge is 0.252 e. The highest BCUT2D eigenvalue weighted by molar-refractivity contribution is 8.14. The molecule has 2 heterocycles. The molecule has 0 N–H and O–H groups in total. The number of carbonyl (C=O) groups excluding carboxylic acids is 1. The van der Waals surface area contributed by atoms with Crippen LogP contribution in [0.15, 0.2) is 4.99 Å². The van der Waals surface area contributed by atoms with Crippen LogP contribution in [-0.2, 0) is 4.79 Å². The van der Waals surface area contributed by atoms with Crippen molar-refractivity contribution in [2.75, 3.05) is 26.7 Å². The number of fused-ring (bicyclic) bond motifs is 1. The monoisotopic (exact) mass is 337 g/mol. The molecule has 0 spiro atoms. The molecule has 130 valence electrons. The Morgan fingerprint density at radius 2 is 2.00 bits per heavy atom. The van der Waals surface area contributed by atoms with Crippen molar-refractivity contribution < 1.29 is 4.79 Å². The summed E-state index contributed by atoms with van der Waals surface area (Å²) >= 11 is 1.89. The fourth-order valence-corrected chi connectivity index (χ4v) is 5.72. The van der Waals surface area contributed by atoms with E-state index in [0.717, 1.165) is 37.6 Å². The van der Waals surface area contributed by atoms with E-state index >= 15 is 0 Å². The quantitative estimate of drug-likeness (QED) is 0.775. The summed E-state index contributed by atoms with van der Waals surface area (Å²) in [4.78, 5) is 22.0. The number of hydrogen-bond acceptors (Lipinski definition) is 4. The van der Waals surface area contributed by atoms with Crippen LogP contribution in [-0.4, -0.2) is 58.8 Å². The van der Waals surface area contributed by atoms with E-state index in [1.54, 1.807) is 0 Å². The fraction of sp³-hybridized carbons (Fsp3) is 0.889. The Morgan fingerprint density at radius 1 is 1.30 bits per heavy atom. The second-order valence-electron chi connectivity index (χ2n) is 8.22. The zero-order valence-corrected chi connectivity index (χ0v) is 15.9. The van der Waals surface area contributed by atoms with Gasteiger partial charge in [0.05, 0.1) is 5.92 Å². The molecule has 0 aromatic heterocycles. The lowest BCUT2D eigenvalue weighted by Gasteiger charge is -2.44. The first kappa shape index (κ1) is 17.3. The number of nitrogens with zero attached hydrogens (tertiary/aromatic N) is 3. The van der Waals surface area contributed by atoms with Gasteiger partial charge in [-0.2, -0.15) is 4.99 Å². The van der Waals surface area contributed by atoms with Crippen LogP contribution in [0.5, 0.6) is 0 Å². The van der Waals surface area contributed by atoms with Gasteiger partial charge in [0.2, 0.25) is 0 Å². The minimum Gasteiger partial charge on any atom is -0.348 e. The molecule has 3 rings (SSSR count). The molecule has 1 aliphatic carbocycles. The number of rotatable bonds is 2. The lowest BCUT2D eigenvalue weighted by Crippen LogP contribution is -2.49. The van der Waals surface area contributed by atoms with E-state index < -0.39 is 0 Å². The summed E-state index contributed by atoms with van der Waals surface area (Å²) in [5, 5.41) is 1.45. The van der Waals surface area contributed by atoms with Crippen molar-refractivity contribution in [2.45, 2.75) is 64.2 Å². The van der Waals surface area contributed by atoms with Crippen LogP contribution >= 0.6 is 11.8 Å². The number of thioether (sulfide) groups is 1. The molecule has 23 heavy (non-hydrogen) atoms. The van der Waals surface area contributed by atoms with Gasteiger partial charge in [-0.15, -0.1) is 0 Å². The minimum atomic E-state index is 0.142. The molecule has 2 fully saturated rings. The van der Waals surface area contributed by atoms with Crippen LogP contribution in [0.25, 0.3) is 0 Å². The maximum Gasteiger partial charge on any atom is 0.252 e. The number of hydrogen-bond donors (Lipinski definition) is 0. The van der Waals surface area contributed by atoms with Crippen LogP contribution in [0, 0.1) is 11.3 Å². The van der Waals surface area contributed by atoms with E-state index in [1.165, 1.54) is 19.3 Å². The topological polar surface area (TPSA) is 35.9 Å². The van der Waals surface area contributed by atoms with Crippen molar-refractivity contribution in [3.8, 4) is 0 Å². The molecule has 0 aromatic rings. The Hall–Kier alpha value is -0.550. The van der Waals surface area contributed by atoms with Gasteiger partial charge in [-0.25, -0.2) is 0 Å². The number of likely N-dealkylation sites (tertiary alicyclic amines) is 1. The third kappa shape index (κ3) is 3.76. The lowest BCUT2D eigenvalue weighted by molar-refractivity contribution is -0.123. The fourth-order valence-electron chi connectivity index (χ4n) is 4.28. The molecule has 0 radical (unpaired) electrons. The van der Waals surface area contributed by atoms with Gasteiger partial charge in [0.25, 0.3) is 5.91 Å². The normalized spacial score (nSPS) is 32.3. The highest BCUT2D eigenvalue weighted by Crippen LogP contribution is 2.46. The van der Waals surface area contributed by atoms with Gasteiger partial charge >= 0.3 is 0 Å². The molecular formula is C18H31N3OS. The van der Waals surface area contributed by atoms with Crippen molar-refractivity contribution in [2.24, 2.45) is 16.3 Å². The first-order valence-corrected chi connectivity index (χ1v) is 10.0. The zero-order valence-electron chi connectivity index (χ0n) is 15.0. The van der Waals surface area contributed by atoms with Crippen LogP contribution < -0.4 is 0 Å². The van der Waals surface area contributed by atoms with Crippen molar-refractivity contribution >= 4 is 22.8 Å². The van der Waals surface area contributed by atoms with Gasteiger partial charge in [-0.05, 0) is 64.6 Å². The SMILES string of the molecule is CCN(C1=NC(=O)C2CC(C)(C)CCC2S1)C1CCN(C)CC1. The summed E-state index contributed by atoms with van der Waals surface area (Å²) in [6.45, 7) is 10.0. The predicted octanol–water partition coefficient (Wildman–Crippen LogP) is 3.23. The summed E-state index contributed by atoms with van der Waals surface area (Å²) in [5.74, 6) is 0.284. The molecule has 1 saturated heterocycles. The van der Waals surface area contributed by atoms with Crippen LogP contribution in [0.3, 0.4) is 0 Å². The molecule has 0 bridgehead atoms. The van der Waals surface area contributed by atoms with Crippen molar-refractivity contribution in [3.63, 3.8) is 0 Å². The average molecular weight is 338 g/mol. The standard InChI is InChI=1S/C18H31N3OS/c1-5-21(13-7-10-20(4)11-8-13)17-19-16(22)14-12-18(2,3)9-6-15(14)23-17/h13-15H,5-12H2,1-4H3.